The lowest BCUT2D eigenvalue weighted by Gasteiger charge is -2.33. The van der Waals surface area contributed by atoms with Gasteiger partial charge in [-0.3, -0.25) is 4.90 Å². The standard InChI is InChI=1S/C15H21NO2/c1-3-11-5-4-10(2)16(11)14-9-18-15-8-12(17)6-7-13(14)15/h6-8,10-11,14,17H,3-5,9H2,1-2H3. The maximum Gasteiger partial charge on any atom is 0.128 e. The lowest BCUT2D eigenvalue weighted by atomic mass is 10.0. The Labute approximate surface area is 108 Å². The first kappa shape index (κ1) is 11.8. The van der Waals surface area contributed by atoms with Crippen molar-refractivity contribution >= 4 is 0 Å². The number of aromatic hydroxyl groups is 1. The Balaban J connectivity index is 1.91. The third-order valence-corrected chi connectivity index (χ3v) is 4.43. The van der Waals surface area contributed by atoms with E-state index in [9.17, 15) is 5.11 Å². The minimum absolute atomic E-state index is 0.288. The molecule has 3 nitrogen and oxygen atoms in total. The molecule has 1 aromatic rings. The minimum Gasteiger partial charge on any atom is -0.508 e. The SMILES string of the molecule is CCC1CCC(C)N1C1COc2cc(O)ccc21. The highest BCUT2D eigenvalue weighted by Gasteiger charge is 2.39. The number of phenols is 1. The number of hydrogen-bond acceptors (Lipinski definition) is 3. The third-order valence-electron chi connectivity index (χ3n) is 4.43. The van der Waals surface area contributed by atoms with Crippen LogP contribution in [0.15, 0.2) is 18.2 Å². The van der Waals surface area contributed by atoms with E-state index in [4.69, 9.17) is 4.74 Å². The van der Waals surface area contributed by atoms with Crippen LogP contribution in [0.4, 0.5) is 0 Å². The Morgan fingerprint density at radius 3 is 3.00 bits per heavy atom. The quantitative estimate of drug-likeness (QED) is 0.871. The molecule has 0 aliphatic carbocycles. The van der Waals surface area contributed by atoms with E-state index in [1.165, 1.54) is 24.8 Å². The summed E-state index contributed by atoms with van der Waals surface area (Å²) in [5, 5.41) is 9.50. The zero-order valence-electron chi connectivity index (χ0n) is 11.1. The van der Waals surface area contributed by atoms with Gasteiger partial charge in [-0.05, 0) is 38.3 Å². The zero-order valence-corrected chi connectivity index (χ0v) is 11.1. The molecule has 1 saturated heterocycles. The molecule has 2 aliphatic heterocycles. The number of hydrogen-bond donors (Lipinski definition) is 1. The van der Waals surface area contributed by atoms with Gasteiger partial charge in [-0.1, -0.05) is 6.92 Å². The first-order valence-electron chi connectivity index (χ1n) is 6.94. The fourth-order valence-corrected chi connectivity index (χ4v) is 3.50. The van der Waals surface area contributed by atoms with Gasteiger partial charge in [0.15, 0.2) is 0 Å². The Morgan fingerprint density at radius 2 is 2.22 bits per heavy atom. The van der Waals surface area contributed by atoms with Crippen LogP contribution in [-0.2, 0) is 0 Å². The van der Waals surface area contributed by atoms with Crippen molar-refractivity contribution in [2.24, 2.45) is 0 Å². The largest absolute Gasteiger partial charge is 0.508 e. The van der Waals surface area contributed by atoms with Crippen LogP contribution in [0.1, 0.15) is 44.7 Å². The van der Waals surface area contributed by atoms with E-state index >= 15 is 0 Å². The van der Waals surface area contributed by atoms with Crippen LogP contribution in [-0.4, -0.2) is 28.7 Å². The van der Waals surface area contributed by atoms with Gasteiger partial charge in [0, 0.05) is 23.7 Å². The van der Waals surface area contributed by atoms with Crippen LogP contribution in [0.5, 0.6) is 11.5 Å². The summed E-state index contributed by atoms with van der Waals surface area (Å²) in [7, 11) is 0. The number of benzene rings is 1. The lowest BCUT2D eigenvalue weighted by Crippen LogP contribution is -2.38. The summed E-state index contributed by atoms with van der Waals surface area (Å²) in [5.41, 5.74) is 1.24. The van der Waals surface area contributed by atoms with Gasteiger partial charge in [0.1, 0.15) is 18.1 Å². The second-order valence-electron chi connectivity index (χ2n) is 5.48. The summed E-state index contributed by atoms with van der Waals surface area (Å²) >= 11 is 0. The molecule has 3 unspecified atom stereocenters. The van der Waals surface area contributed by atoms with Gasteiger partial charge in [0.25, 0.3) is 0 Å². The van der Waals surface area contributed by atoms with E-state index in [1.807, 2.05) is 6.07 Å². The average Bonchev–Trinajstić information content (AvgIpc) is 2.91. The van der Waals surface area contributed by atoms with Gasteiger partial charge in [-0.25, -0.2) is 0 Å². The zero-order chi connectivity index (χ0) is 12.7. The highest BCUT2D eigenvalue weighted by molar-refractivity contribution is 5.44. The van der Waals surface area contributed by atoms with E-state index in [1.54, 1.807) is 12.1 Å². The van der Waals surface area contributed by atoms with Crippen molar-refractivity contribution in [3.8, 4) is 11.5 Å². The molecule has 3 rings (SSSR count). The van der Waals surface area contributed by atoms with Gasteiger partial charge < -0.3 is 9.84 Å². The third kappa shape index (κ3) is 1.77. The molecule has 0 radical (unpaired) electrons. The molecule has 3 atom stereocenters. The van der Waals surface area contributed by atoms with Gasteiger partial charge >= 0.3 is 0 Å². The van der Waals surface area contributed by atoms with Crippen LogP contribution in [0.3, 0.4) is 0 Å². The number of nitrogens with zero attached hydrogens (tertiary/aromatic N) is 1. The summed E-state index contributed by atoms with van der Waals surface area (Å²) in [4.78, 5) is 2.61. The number of fused-ring (bicyclic) bond motifs is 1. The van der Waals surface area contributed by atoms with Crippen LogP contribution >= 0.6 is 0 Å². The highest BCUT2D eigenvalue weighted by atomic mass is 16.5. The van der Waals surface area contributed by atoms with Gasteiger partial charge in [0.2, 0.25) is 0 Å². The summed E-state index contributed by atoms with van der Waals surface area (Å²) < 4.78 is 5.74. The number of ether oxygens (including phenoxy) is 1. The molecular formula is C15H21NO2. The Morgan fingerprint density at radius 1 is 1.39 bits per heavy atom. The molecular weight excluding hydrogens is 226 g/mol. The second kappa shape index (κ2) is 4.47. The molecule has 3 heteroatoms. The Hall–Kier alpha value is -1.22. The molecule has 0 amide bonds. The molecule has 2 aliphatic rings. The Kier molecular flexibility index (Phi) is 2.94. The molecule has 0 saturated carbocycles. The summed E-state index contributed by atoms with van der Waals surface area (Å²) in [6.07, 6.45) is 3.78. The summed E-state index contributed by atoms with van der Waals surface area (Å²) in [6.45, 7) is 5.30. The van der Waals surface area contributed by atoms with Crippen molar-refractivity contribution in [1.29, 1.82) is 0 Å². The predicted molar refractivity (Wildman–Crippen MR) is 71.0 cm³/mol. The second-order valence-corrected chi connectivity index (χ2v) is 5.48. The number of phenolic OH excluding ortho intramolecular Hbond substituents is 1. The fraction of sp³-hybridized carbons (Fsp3) is 0.600. The maximum absolute atomic E-state index is 9.50. The van der Waals surface area contributed by atoms with Gasteiger partial charge in [-0.15, -0.1) is 0 Å². The van der Waals surface area contributed by atoms with Crippen molar-refractivity contribution in [2.45, 2.75) is 51.2 Å². The summed E-state index contributed by atoms with van der Waals surface area (Å²) in [6, 6.07) is 7.18. The molecule has 1 N–H and O–H groups in total. The number of rotatable bonds is 2. The average molecular weight is 247 g/mol. The fourth-order valence-electron chi connectivity index (χ4n) is 3.50. The van der Waals surface area contributed by atoms with Gasteiger partial charge in [0.05, 0.1) is 6.04 Å². The number of likely N-dealkylation sites (tertiary alicyclic amines) is 1. The predicted octanol–water partition coefficient (Wildman–Crippen LogP) is 3.09. The van der Waals surface area contributed by atoms with E-state index in [2.05, 4.69) is 18.7 Å². The lowest BCUT2D eigenvalue weighted by molar-refractivity contribution is 0.112. The molecule has 18 heavy (non-hydrogen) atoms. The van der Waals surface area contributed by atoms with Crippen molar-refractivity contribution in [2.75, 3.05) is 6.61 Å². The maximum atomic E-state index is 9.50. The molecule has 0 spiro atoms. The van der Waals surface area contributed by atoms with Crippen LogP contribution in [0, 0.1) is 0 Å². The van der Waals surface area contributed by atoms with E-state index < -0.39 is 0 Å². The van der Waals surface area contributed by atoms with Crippen molar-refractivity contribution in [3.05, 3.63) is 23.8 Å². The molecule has 0 aromatic heterocycles. The highest BCUT2D eigenvalue weighted by Crippen LogP contribution is 2.43. The van der Waals surface area contributed by atoms with Crippen LogP contribution < -0.4 is 4.74 Å². The van der Waals surface area contributed by atoms with Crippen molar-refractivity contribution < 1.29 is 9.84 Å². The molecule has 1 aromatic carbocycles. The smallest absolute Gasteiger partial charge is 0.128 e. The van der Waals surface area contributed by atoms with Crippen LogP contribution in [0.2, 0.25) is 0 Å². The van der Waals surface area contributed by atoms with E-state index in [0.717, 1.165) is 12.4 Å². The first-order chi connectivity index (χ1) is 8.70. The molecule has 2 heterocycles. The van der Waals surface area contributed by atoms with E-state index in [-0.39, 0.29) is 5.75 Å². The normalized spacial score (nSPS) is 31.3. The molecule has 0 bridgehead atoms. The molecule has 98 valence electrons. The molecule has 1 fully saturated rings. The first-order valence-corrected chi connectivity index (χ1v) is 6.94. The van der Waals surface area contributed by atoms with Gasteiger partial charge in [-0.2, -0.15) is 0 Å². The summed E-state index contributed by atoms with van der Waals surface area (Å²) in [5.74, 6) is 1.14. The van der Waals surface area contributed by atoms with Crippen molar-refractivity contribution in [1.82, 2.24) is 4.90 Å². The monoisotopic (exact) mass is 247 g/mol. The topological polar surface area (TPSA) is 32.7 Å². The van der Waals surface area contributed by atoms with Crippen LogP contribution in [0.25, 0.3) is 0 Å². The Bertz CT molecular complexity index is 446. The minimum atomic E-state index is 0.288. The van der Waals surface area contributed by atoms with E-state index in [0.29, 0.717) is 18.1 Å². The van der Waals surface area contributed by atoms with Crippen molar-refractivity contribution in [3.63, 3.8) is 0 Å².